The molecular formula is C34H35ClN2O2. The minimum absolute atomic E-state index is 0.0970. The van der Waals surface area contributed by atoms with E-state index in [-0.39, 0.29) is 30.7 Å². The van der Waals surface area contributed by atoms with Crippen LogP contribution in [0.5, 0.6) is 0 Å². The van der Waals surface area contributed by atoms with Gasteiger partial charge in [-0.1, -0.05) is 128 Å². The van der Waals surface area contributed by atoms with Gasteiger partial charge >= 0.3 is 0 Å². The highest BCUT2D eigenvalue weighted by atomic mass is 35.5. The van der Waals surface area contributed by atoms with Crippen molar-refractivity contribution in [3.8, 4) is 0 Å². The van der Waals surface area contributed by atoms with Crippen molar-refractivity contribution in [3.63, 3.8) is 0 Å². The Morgan fingerprint density at radius 3 is 1.87 bits per heavy atom. The normalized spacial score (nSPS) is 11.7. The Balaban J connectivity index is 1.73. The number of halogens is 1. The number of benzene rings is 4. The standard InChI is InChI=1S/C34H35ClN2O2/c1-2-22-36-34(39)32(23-26-14-6-3-7-15-26)37(25-29-20-12-13-21-31(29)35)33(38)24-30(27-16-8-4-9-17-27)28-18-10-5-11-19-28/h3-21,30,32H,2,22-25H2,1H3,(H,36,39)/t32-/m1/s1. The van der Waals surface area contributed by atoms with Crippen molar-refractivity contribution < 1.29 is 9.59 Å². The number of nitrogens with zero attached hydrogens (tertiary/aromatic N) is 1. The van der Waals surface area contributed by atoms with E-state index in [1.54, 1.807) is 4.90 Å². The maximum atomic E-state index is 14.3. The van der Waals surface area contributed by atoms with E-state index in [9.17, 15) is 9.59 Å². The van der Waals surface area contributed by atoms with Gasteiger partial charge in [0.05, 0.1) is 0 Å². The second-order valence-corrected chi connectivity index (χ2v) is 10.1. The minimum atomic E-state index is -0.685. The maximum Gasteiger partial charge on any atom is 0.243 e. The Labute approximate surface area is 236 Å². The van der Waals surface area contributed by atoms with Crippen LogP contribution >= 0.6 is 11.6 Å². The SMILES string of the molecule is CCCNC(=O)[C@@H](Cc1ccccc1)N(Cc1ccccc1Cl)C(=O)CC(c1ccccc1)c1ccccc1. The van der Waals surface area contributed by atoms with Crippen LogP contribution in [0, 0.1) is 0 Å². The van der Waals surface area contributed by atoms with Crippen LogP contribution in [-0.2, 0) is 22.6 Å². The fourth-order valence-electron chi connectivity index (χ4n) is 4.82. The maximum absolute atomic E-state index is 14.3. The van der Waals surface area contributed by atoms with Crippen LogP contribution in [-0.4, -0.2) is 29.3 Å². The van der Waals surface area contributed by atoms with Gasteiger partial charge < -0.3 is 10.2 Å². The van der Waals surface area contributed by atoms with Crippen molar-refractivity contribution in [1.82, 2.24) is 10.2 Å². The molecule has 4 aromatic carbocycles. The van der Waals surface area contributed by atoms with E-state index in [2.05, 4.69) is 29.6 Å². The number of amides is 2. The van der Waals surface area contributed by atoms with Crippen LogP contribution < -0.4 is 5.32 Å². The summed E-state index contributed by atoms with van der Waals surface area (Å²) in [6.45, 7) is 2.81. The number of rotatable bonds is 12. The lowest BCUT2D eigenvalue weighted by Gasteiger charge is -2.33. The molecule has 4 aromatic rings. The van der Waals surface area contributed by atoms with E-state index in [1.807, 2.05) is 97.9 Å². The zero-order chi connectivity index (χ0) is 27.5. The molecule has 2 amide bonds. The third kappa shape index (κ3) is 7.81. The highest BCUT2D eigenvalue weighted by Crippen LogP contribution is 2.30. The van der Waals surface area contributed by atoms with E-state index >= 15 is 0 Å². The molecule has 0 aromatic heterocycles. The number of hydrogen-bond acceptors (Lipinski definition) is 2. The molecule has 0 aliphatic rings. The van der Waals surface area contributed by atoms with Gasteiger partial charge in [0.25, 0.3) is 0 Å². The molecule has 0 aliphatic heterocycles. The van der Waals surface area contributed by atoms with Crippen LogP contribution in [0.4, 0.5) is 0 Å². The minimum Gasteiger partial charge on any atom is -0.354 e. The predicted molar refractivity (Wildman–Crippen MR) is 159 cm³/mol. The molecular weight excluding hydrogens is 504 g/mol. The summed E-state index contributed by atoms with van der Waals surface area (Å²) < 4.78 is 0. The fraction of sp³-hybridized carbons (Fsp3) is 0.235. The molecule has 5 heteroatoms. The molecule has 1 N–H and O–H groups in total. The molecule has 0 heterocycles. The summed E-state index contributed by atoms with van der Waals surface area (Å²) in [6.07, 6.45) is 1.45. The topological polar surface area (TPSA) is 49.4 Å². The van der Waals surface area contributed by atoms with Gasteiger partial charge in [0.2, 0.25) is 11.8 Å². The van der Waals surface area contributed by atoms with Gasteiger partial charge in [-0.05, 0) is 34.7 Å². The summed E-state index contributed by atoms with van der Waals surface area (Å²) in [5.74, 6) is -0.401. The number of hydrogen-bond donors (Lipinski definition) is 1. The van der Waals surface area contributed by atoms with E-state index < -0.39 is 6.04 Å². The molecule has 0 saturated heterocycles. The Morgan fingerprint density at radius 2 is 1.31 bits per heavy atom. The Kier molecular flexibility index (Phi) is 10.3. The first kappa shape index (κ1) is 28.1. The van der Waals surface area contributed by atoms with Crippen molar-refractivity contribution in [2.24, 2.45) is 0 Å². The van der Waals surface area contributed by atoms with E-state index in [4.69, 9.17) is 11.6 Å². The molecule has 0 aliphatic carbocycles. The third-order valence-corrected chi connectivity index (χ3v) is 7.27. The summed E-state index contributed by atoms with van der Waals surface area (Å²) in [5, 5.41) is 3.61. The van der Waals surface area contributed by atoms with E-state index in [0.29, 0.717) is 18.0 Å². The average Bonchev–Trinajstić information content (AvgIpc) is 2.98. The third-order valence-electron chi connectivity index (χ3n) is 6.90. The van der Waals surface area contributed by atoms with Gasteiger partial charge in [-0.25, -0.2) is 0 Å². The monoisotopic (exact) mass is 538 g/mol. The van der Waals surface area contributed by atoms with Crippen LogP contribution in [0.1, 0.15) is 47.9 Å². The largest absolute Gasteiger partial charge is 0.354 e. The zero-order valence-electron chi connectivity index (χ0n) is 22.3. The van der Waals surface area contributed by atoms with E-state index in [1.165, 1.54) is 0 Å². The summed E-state index contributed by atoms with van der Waals surface area (Å²) >= 11 is 6.56. The first-order valence-corrected chi connectivity index (χ1v) is 13.9. The van der Waals surface area contributed by atoms with Gasteiger partial charge in [-0.2, -0.15) is 0 Å². The quantitative estimate of drug-likeness (QED) is 0.210. The molecule has 39 heavy (non-hydrogen) atoms. The van der Waals surface area contributed by atoms with Crippen LogP contribution in [0.25, 0.3) is 0 Å². The highest BCUT2D eigenvalue weighted by Gasteiger charge is 2.32. The first-order valence-electron chi connectivity index (χ1n) is 13.5. The van der Waals surface area contributed by atoms with Crippen molar-refractivity contribution in [1.29, 1.82) is 0 Å². The number of carbonyl (C=O) groups excluding carboxylic acids is 2. The molecule has 4 rings (SSSR count). The van der Waals surface area contributed by atoms with Crippen LogP contribution in [0.2, 0.25) is 5.02 Å². The van der Waals surface area contributed by atoms with Crippen molar-refractivity contribution in [2.75, 3.05) is 6.54 Å². The van der Waals surface area contributed by atoms with E-state index in [0.717, 1.165) is 28.7 Å². The molecule has 0 spiro atoms. The number of nitrogens with one attached hydrogen (secondary N) is 1. The fourth-order valence-corrected chi connectivity index (χ4v) is 5.02. The predicted octanol–water partition coefficient (Wildman–Crippen LogP) is 7.03. The zero-order valence-corrected chi connectivity index (χ0v) is 23.1. The van der Waals surface area contributed by atoms with Gasteiger partial charge in [0.1, 0.15) is 6.04 Å². The summed E-state index contributed by atoms with van der Waals surface area (Å²) in [5.41, 5.74) is 3.92. The highest BCUT2D eigenvalue weighted by molar-refractivity contribution is 6.31. The van der Waals surface area contributed by atoms with Crippen LogP contribution in [0.15, 0.2) is 115 Å². The second-order valence-electron chi connectivity index (χ2n) is 9.69. The first-order chi connectivity index (χ1) is 19.1. The molecule has 1 atom stereocenters. The van der Waals surface area contributed by atoms with Crippen LogP contribution in [0.3, 0.4) is 0 Å². The molecule has 0 saturated carbocycles. The molecule has 0 bridgehead atoms. The molecule has 0 radical (unpaired) electrons. The summed E-state index contributed by atoms with van der Waals surface area (Å²) in [7, 11) is 0. The lowest BCUT2D eigenvalue weighted by atomic mass is 9.87. The summed E-state index contributed by atoms with van der Waals surface area (Å²) in [4.78, 5) is 29.7. The average molecular weight is 539 g/mol. The van der Waals surface area contributed by atoms with Gasteiger partial charge in [0, 0.05) is 36.9 Å². The second kappa shape index (κ2) is 14.3. The Hall–Kier alpha value is -3.89. The molecule has 0 fully saturated rings. The molecule has 4 nitrogen and oxygen atoms in total. The molecule has 200 valence electrons. The van der Waals surface area contributed by atoms with Gasteiger partial charge in [-0.15, -0.1) is 0 Å². The lowest BCUT2D eigenvalue weighted by molar-refractivity contribution is -0.141. The molecule has 0 unspecified atom stereocenters. The van der Waals surface area contributed by atoms with Crippen molar-refractivity contribution >= 4 is 23.4 Å². The number of carbonyl (C=O) groups is 2. The summed E-state index contributed by atoms with van der Waals surface area (Å²) in [6, 6.07) is 36.8. The van der Waals surface area contributed by atoms with Gasteiger partial charge in [-0.3, -0.25) is 9.59 Å². The Morgan fingerprint density at radius 1 is 0.769 bits per heavy atom. The smallest absolute Gasteiger partial charge is 0.243 e. The Bertz CT molecular complexity index is 1290. The van der Waals surface area contributed by atoms with Crippen molar-refractivity contribution in [3.05, 3.63) is 143 Å². The lowest BCUT2D eigenvalue weighted by Crippen LogP contribution is -2.51. The van der Waals surface area contributed by atoms with Crippen molar-refractivity contribution in [2.45, 2.75) is 44.7 Å². The van der Waals surface area contributed by atoms with Gasteiger partial charge in [0.15, 0.2) is 0 Å².